The van der Waals surface area contributed by atoms with Gasteiger partial charge in [0.05, 0.1) is 19.8 Å². The lowest BCUT2D eigenvalue weighted by atomic mass is 10.2. The Morgan fingerprint density at radius 1 is 1.48 bits per heavy atom. The van der Waals surface area contributed by atoms with E-state index < -0.39 is 16.0 Å². The molecule has 1 aromatic heterocycles. The average Bonchev–Trinajstić information content (AvgIpc) is 2.83. The zero-order valence-corrected chi connectivity index (χ0v) is 14.1. The van der Waals surface area contributed by atoms with Crippen molar-refractivity contribution >= 4 is 27.3 Å². The summed E-state index contributed by atoms with van der Waals surface area (Å²) >= 11 is 1.09. The molecule has 0 amide bonds. The Kier molecular flexibility index (Phi) is 4.72. The number of ether oxygens (including phenoxy) is 2. The molecule has 2 rings (SSSR count). The first-order chi connectivity index (χ1) is 9.78. The molecular weight excluding hydrogens is 314 g/mol. The Morgan fingerprint density at radius 3 is 2.76 bits per heavy atom. The number of carbonyl (C=O) groups excluding carboxylic acids is 1. The Labute approximate surface area is 128 Å². The van der Waals surface area contributed by atoms with E-state index in [4.69, 9.17) is 4.74 Å². The number of thiophene rings is 1. The van der Waals surface area contributed by atoms with Crippen LogP contribution in [0.1, 0.15) is 29.1 Å². The minimum absolute atomic E-state index is 0.0558. The maximum absolute atomic E-state index is 12.9. The molecule has 1 saturated heterocycles. The smallest absolute Gasteiger partial charge is 0.349 e. The van der Waals surface area contributed by atoms with Crippen LogP contribution in [-0.2, 0) is 19.5 Å². The van der Waals surface area contributed by atoms with Crippen LogP contribution in [0.5, 0.6) is 0 Å². The highest BCUT2D eigenvalue weighted by Crippen LogP contribution is 2.32. The number of methoxy groups -OCH3 is 1. The van der Waals surface area contributed by atoms with Gasteiger partial charge in [0.25, 0.3) is 0 Å². The topological polar surface area (TPSA) is 72.9 Å². The van der Waals surface area contributed by atoms with Gasteiger partial charge in [0, 0.05) is 12.6 Å². The van der Waals surface area contributed by atoms with Gasteiger partial charge in [0.15, 0.2) is 0 Å². The first-order valence-electron chi connectivity index (χ1n) is 6.59. The normalized spacial score (nSPS) is 24.0. The molecule has 0 aromatic carbocycles. The molecule has 1 fully saturated rings. The van der Waals surface area contributed by atoms with Gasteiger partial charge in [-0.15, -0.1) is 11.3 Å². The molecule has 2 heterocycles. The maximum atomic E-state index is 12.9. The average molecular weight is 333 g/mol. The second-order valence-corrected chi connectivity index (χ2v) is 7.84. The zero-order chi connectivity index (χ0) is 15.8. The summed E-state index contributed by atoms with van der Waals surface area (Å²) in [4.78, 5) is 12.0. The number of esters is 1. The number of nitrogens with zero attached hydrogens (tertiary/aromatic N) is 1. The highest BCUT2D eigenvalue weighted by atomic mass is 32.2. The summed E-state index contributed by atoms with van der Waals surface area (Å²) in [6.07, 6.45) is -0.170. The largest absolute Gasteiger partial charge is 0.465 e. The van der Waals surface area contributed by atoms with E-state index in [-0.39, 0.29) is 28.5 Å². The van der Waals surface area contributed by atoms with Crippen LogP contribution >= 0.6 is 11.3 Å². The van der Waals surface area contributed by atoms with Crippen LogP contribution in [0.15, 0.2) is 10.3 Å². The molecule has 0 radical (unpaired) electrons. The third-order valence-corrected chi connectivity index (χ3v) is 6.78. The lowest BCUT2D eigenvalue weighted by molar-refractivity contribution is -0.0170. The van der Waals surface area contributed by atoms with Crippen LogP contribution in [0, 0.1) is 6.92 Å². The van der Waals surface area contributed by atoms with Gasteiger partial charge in [-0.25, -0.2) is 13.2 Å². The van der Waals surface area contributed by atoms with Crippen molar-refractivity contribution in [2.24, 2.45) is 0 Å². The Hall–Kier alpha value is -0.960. The molecule has 2 atom stereocenters. The van der Waals surface area contributed by atoms with Gasteiger partial charge in [0.2, 0.25) is 10.0 Å². The Balaban J connectivity index is 2.49. The van der Waals surface area contributed by atoms with Crippen molar-refractivity contribution in [3.8, 4) is 0 Å². The lowest BCUT2D eigenvalue weighted by Crippen LogP contribution is -2.50. The number of sulfonamides is 1. The van der Waals surface area contributed by atoms with E-state index in [0.29, 0.717) is 12.2 Å². The predicted octanol–water partition coefficient (Wildman–Crippen LogP) is 1.64. The minimum atomic E-state index is -3.75. The summed E-state index contributed by atoms with van der Waals surface area (Å²) in [5.74, 6) is -0.624. The first kappa shape index (κ1) is 16.4. The molecule has 1 aliphatic heterocycles. The molecule has 2 unspecified atom stereocenters. The summed E-state index contributed by atoms with van der Waals surface area (Å²) in [5, 5.41) is 1.66. The number of hydrogen-bond donors (Lipinski definition) is 0. The van der Waals surface area contributed by atoms with E-state index >= 15 is 0 Å². The van der Waals surface area contributed by atoms with Gasteiger partial charge < -0.3 is 9.47 Å². The van der Waals surface area contributed by atoms with Crippen molar-refractivity contribution in [1.29, 1.82) is 0 Å². The van der Waals surface area contributed by atoms with E-state index in [1.807, 2.05) is 6.92 Å². The van der Waals surface area contributed by atoms with Gasteiger partial charge >= 0.3 is 5.97 Å². The van der Waals surface area contributed by atoms with E-state index in [1.54, 1.807) is 19.2 Å². The van der Waals surface area contributed by atoms with Gasteiger partial charge in [-0.1, -0.05) is 0 Å². The summed E-state index contributed by atoms with van der Waals surface area (Å²) in [5.41, 5.74) is 0.562. The number of hydrogen-bond acceptors (Lipinski definition) is 6. The van der Waals surface area contributed by atoms with Crippen molar-refractivity contribution in [3.05, 3.63) is 15.8 Å². The standard InChI is InChI=1S/C13H19NO5S2/c1-8-7-20-11(13(15)18-4)12(8)21(16,17)14-5-10(3)19-6-9(14)2/h7,9-10H,5-6H2,1-4H3. The quantitative estimate of drug-likeness (QED) is 0.786. The van der Waals surface area contributed by atoms with E-state index in [0.717, 1.165) is 11.3 Å². The molecular formula is C13H19NO5S2. The van der Waals surface area contributed by atoms with Gasteiger partial charge in [0.1, 0.15) is 9.77 Å². The van der Waals surface area contributed by atoms with Crippen molar-refractivity contribution in [2.45, 2.75) is 37.8 Å². The lowest BCUT2D eigenvalue weighted by Gasteiger charge is -2.35. The summed E-state index contributed by atoms with van der Waals surface area (Å²) in [7, 11) is -2.51. The number of rotatable bonds is 3. The predicted molar refractivity (Wildman–Crippen MR) is 79.2 cm³/mol. The van der Waals surface area contributed by atoms with Crippen LogP contribution in [0.2, 0.25) is 0 Å². The molecule has 0 N–H and O–H groups in total. The molecule has 8 heteroatoms. The molecule has 1 aliphatic rings. The molecule has 0 saturated carbocycles. The summed E-state index contributed by atoms with van der Waals surface area (Å²) < 4.78 is 37.4. The highest BCUT2D eigenvalue weighted by Gasteiger charge is 2.38. The molecule has 118 valence electrons. The Bertz CT molecular complexity index is 637. The summed E-state index contributed by atoms with van der Waals surface area (Å²) in [6.45, 7) is 5.93. The highest BCUT2D eigenvalue weighted by molar-refractivity contribution is 7.89. The van der Waals surface area contributed by atoms with Crippen molar-refractivity contribution in [1.82, 2.24) is 4.31 Å². The number of carbonyl (C=O) groups is 1. The van der Waals surface area contributed by atoms with Gasteiger partial charge in [-0.05, 0) is 31.7 Å². The van der Waals surface area contributed by atoms with Crippen LogP contribution in [0.3, 0.4) is 0 Å². The number of aryl methyl sites for hydroxylation is 1. The van der Waals surface area contributed by atoms with Crippen LogP contribution in [0.4, 0.5) is 0 Å². The first-order valence-corrected chi connectivity index (χ1v) is 8.90. The minimum Gasteiger partial charge on any atom is -0.465 e. The molecule has 0 bridgehead atoms. The fourth-order valence-corrected chi connectivity index (χ4v) is 5.67. The monoisotopic (exact) mass is 333 g/mol. The van der Waals surface area contributed by atoms with E-state index in [9.17, 15) is 13.2 Å². The maximum Gasteiger partial charge on any atom is 0.349 e. The molecule has 6 nitrogen and oxygen atoms in total. The number of morpholine rings is 1. The third-order valence-electron chi connectivity index (χ3n) is 3.41. The van der Waals surface area contributed by atoms with Crippen LogP contribution in [-0.4, -0.2) is 51.1 Å². The third kappa shape index (κ3) is 2.98. The zero-order valence-electron chi connectivity index (χ0n) is 12.5. The van der Waals surface area contributed by atoms with Gasteiger partial charge in [-0.2, -0.15) is 4.31 Å². The SMILES string of the molecule is COC(=O)c1scc(C)c1S(=O)(=O)N1CC(C)OCC1C. The van der Waals surface area contributed by atoms with Crippen molar-refractivity contribution < 1.29 is 22.7 Å². The second-order valence-electron chi connectivity index (χ2n) is 5.14. The fraction of sp³-hybridized carbons (Fsp3) is 0.615. The molecule has 0 aliphatic carbocycles. The van der Waals surface area contributed by atoms with Crippen LogP contribution in [0.25, 0.3) is 0 Å². The summed E-state index contributed by atoms with van der Waals surface area (Å²) in [6, 6.07) is -0.268. The fourth-order valence-electron chi connectivity index (χ4n) is 2.31. The van der Waals surface area contributed by atoms with Gasteiger partial charge in [-0.3, -0.25) is 0 Å². The van der Waals surface area contributed by atoms with Crippen molar-refractivity contribution in [2.75, 3.05) is 20.3 Å². The van der Waals surface area contributed by atoms with E-state index in [1.165, 1.54) is 11.4 Å². The Morgan fingerprint density at radius 2 is 2.14 bits per heavy atom. The van der Waals surface area contributed by atoms with E-state index in [2.05, 4.69) is 4.74 Å². The molecule has 1 aromatic rings. The van der Waals surface area contributed by atoms with Crippen molar-refractivity contribution in [3.63, 3.8) is 0 Å². The molecule has 0 spiro atoms. The van der Waals surface area contributed by atoms with Crippen LogP contribution < -0.4 is 0 Å². The molecule has 21 heavy (non-hydrogen) atoms. The second kappa shape index (κ2) is 6.04.